The Labute approximate surface area is 167 Å². The summed E-state index contributed by atoms with van der Waals surface area (Å²) in [6, 6.07) is 13.9. The van der Waals surface area contributed by atoms with Crippen molar-refractivity contribution in [3.63, 3.8) is 0 Å². The summed E-state index contributed by atoms with van der Waals surface area (Å²) in [5, 5.41) is 3.13. The van der Waals surface area contributed by atoms with Crippen LogP contribution in [0, 0.1) is 6.92 Å². The molecule has 2 aromatic carbocycles. The zero-order valence-electron chi connectivity index (χ0n) is 16.8. The van der Waals surface area contributed by atoms with E-state index in [1.54, 1.807) is 25.3 Å². The second kappa shape index (κ2) is 9.45. The van der Waals surface area contributed by atoms with Gasteiger partial charge >= 0.3 is 0 Å². The molecule has 1 aliphatic carbocycles. The molecule has 1 aliphatic rings. The second-order valence-electron chi connectivity index (χ2n) is 7.45. The maximum atomic E-state index is 12.6. The van der Waals surface area contributed by atoms with E-state index in [0.717, 1.165) is 32.1 Å². The van der Waals surface area contributed by atoms with E-state index in [1.807, 2.05) is 0 Å². The van der Waals surface area contributed by atoms with Crippen LogP contribution in [-0.4, -0.2) is 25.7 Å². The number of nitrogens with one attached hydrogen (secondary N) is 1. The Morgan fingerprint density at radius 3 is 2.64 bits per heavy atom. The lowest BCUT2D eigenvalue weighted by molar-refractivity contribution is 0.0930. The van der Waals surface area contributed by atoms with E-state index in [1.165, 1.54) is 16.7 Å². The highest BCUT2D eigenvalue weighted by Gasteiger charge is 2.19. The number of carbonyl (C=O) groups excluding carboxylic acids is 1. The lowest BCUT2D eigenvalue weighted by Crippen LogP contribution is -2.36. The summed E-state index contributed by atoms with van der Waals surface area (Å²) in [5.41, 5.74) is 4.33. The van der Waals surface area contributed by atoms with Crippen LogP contribution in [0.5, 0.6) is 11.5 Å². The quantitative estimate of drug-likeness (QED) is 0.699. The standard InChI is InChI=1S/C24H29NO3/c1-17-7-10-21(11-8-17)25-24(26)20-9-12-22(27-3)23(16-20)28-14-13-19-6-4-5-18(2)15-19/h4-6,9,12,15-16,21H,1,7-8,10-11,13-14H2,2-3H3,(H,25,26). The van der Waals surface area contributed by atoms with Crippen LogP contribution in [0.3, 0.4) is 0 Å². The van der Waals surface area contributed by atoms with Gasteiger partial charge in [0.05, 0.1) is 13.7 Å². The lowest BCUT2D eigenvalue weighted by Gasteiger charge is -2.24. The third-order valence-corrected chi connectivity index (χ3v) is 5.18. The Morgan fingerprint density at radius 1 is 1.14 bits per heavy atom. The van der Waals surface area contributed by atoms with Crippen LogP contribution in [-0.2, 0) is 6.42 Å². The molecular weight excluding hydrogens is 350 g/mol. The molecule has 148 valence electrons. The van der Waals surface area contributed by atoms with Gasteiger partial charge in [0.15, 0.2) is 11.5 Å². The van der Waals surface area contributed by atoms with E-state index in [-0.39, 0.29) is 11.9 Å². The van der Waals surface area contributed by atoms with E-state index >= 15 is 0 Å². The molecule has 0 spiro atoms. The number of methoxy groups -OCH3 is 1. The van der Waals surface area contributed by atoms with Crippen LogP contribution in [0.1, 0.15) is 47.2 Å². The van der Waals surface area contributed by atoms with Crippen LogP contribution in [0.4, 0.5) is 0 Å². The maximum absolute atomic E-state index is 12.6. The minimum Gasteiger partial charge on any atom is -0.493 e. The van der Waals surface area contributed by atoms with Crippen molar-refractivity contribution < 1.29 is 14.3 Å². The highest BCUT2D eigenvalue weighted by Crippen LogP contribution is 2.29. The van der Waals surface area contributed by atoms with Gasteiger partial charge in [0, 0.05) is 18.0 Å². The summed E-state index contributed by atoms with van der Waals surface area (Å²) in [7, 11) is 1.61. The average molecular weight is 380 g/mol. The van der Waals surface area contributed by atoms with Crippen LogP contribution >= 0.6 is 0 Å². The molecule has 1 N–H and O–H groups in total. The zero-order valence-corrected chi connectivity index (χ0v) is 16.8. The van der Waals surface area contributed by atoms with E-state index in [4.69, 9.17) is 9.47 Å². The number of carbonyl (C=O) groups is 1. The summed E-state index contributed by atoms with van der Waals surface area (Å²) < 4.78 is 11.3. The number of hydrogen-bond donors (Lipinski definition) is 1. The molecule has 0 bridgehead atoms. The lowest BCUT2D eigenvalue weighted by atomic mass is 9.92. The van der Waals surface area contributed by atoms with Crippen LogP contribution < -0.4 is 14.8 Å². The number of aryl methyl sites for hydroxylation is 1. The van der Waals surface area contributed by atoms with E-state index in [0.29, 0.717) is 23.7 Å². The van der Waals surface area contributed by atoms with Gasteiger partial charge in [0.1, 0.15) is 0 Å². The SMILES string of the molecule is C=C1CCC(NC(=O)c2ccc(OC)c(OCCc3cccc(C)c3)c2)CC1. The minimum atomic E-state index is -0.0660. The molecule has 3 rings (SSSR count). The molecule has 4 heteroatoms. The van der Waals surface area contributed by atoms with Crippen molar-refractivity contribution in [3.8, 4) is 11.5 Å². The molecule has 1 amide bonds. The number of rotatable bonds is 7. The number of amides is 1. The van der Waals surface area contributed by atoms with Gasteiger partial charge in [-0.2, -0.15) is 0 Å². The molecule has 1 fully saturated rings. The van der Waals surface area contributed by atoms with Crippen molar-refractivity contribution >= 4 is 5.91 Å². The predicted octanol–water partition coefficient (Wildman–Crippen LogP) is 4.85. The van der Waals surface area contributed by atoms with Gasteiger partial charge in [-0.15, -0.1) is 0 Å². The van der Waals surface area contributed by atoms with Crippen molar-refractivity contribution in [1.29, 1.82) is 0 Å². The minimum absolute atomic E-state index is 0.0660. The van der Waals surface area contributed by atoms with Crippen molar-refractivity contribution in [1.82, 2.24) is 5.32 Å². The fraction of sp³-hybridized carbons (Fsp3) is 0.375. The van der Waals surface area contributed by atoms with Gasteiger partial charge in [0.2, 0.25) is 0 Å². The molecular formula is C24H29NO3. The predicted molar refractivity (Wildman–Crippen MR) is 112 cm³/mol. The van der Waals surface area contributed by atoms with Crippen molar-refractivity contribution in [2.75, 3.05) is 13.7 Å². The monoisotopic (exact) mass is 379 g/mol. The Kier molecular flexibility index (Phi) is 6.75. The number of benzene rings is 2. The topological polar surface area (TPSA) is 47.6 Å². The molecule has 28 heavy (non-hydrogen) atoms. The summed E-state index contributed by atoms with van der Waals surface area (Å²) in [5.74, 6) is 1.17. The van der Waals surface area contributed by atoms with E-state index < -0.39 is 0 Å². The molecule has 0 atom stereocenters. The summed E-state index contributed by atoms with van der Waals surface area (Å²) in [6.45, 7) is 6.63. The first-order valence-corrected chi connectivity index (χ1v) is 9.89. The van der Waals surface area contributed by atoms with E-state index in [9.17, 15) is 4.79 Å². The Balaban J connectivity index is 1.62. The number of ether oxygens (including phenoxy) is 2. The molecule has 0 radical (unpaired) electrons. The Morgan fingerprint density at radius 2 is 1.93 bits per heavy atom. The van der Waals surface area contributed by atoms with Gasteiger partial charge in [0.25, 0.3) is 5.91 Å². The number of allylic oxidation sites excluding steroid dienone is 1. The van der Waals surface area contributed by atoms with Crippen molar-refractivity contribution in [2.45, 2.75) is 45.1 Å². The van der Waals surface area contributed by atoms with Gasteiger partial charge < -0.3 is 14.8 Å². The first-order chi connectivity index (χ1) is 13.5. The van der Waals surface area contributed by atoms with Crippen LogP contribution in [0.25, 0.3) is 0 Å². The fourth-order valence-electron chi connectivity index (χ4n) is 3.52. The van der Waals surface area contributed by atoms with Gasteiger partial charge in [-0.05, 0) is 56.4 Å². The van der Waals surface area contributed by atoms with Gasteiger partial charge in [-0.1, -0.05) is 42.0 Å². The molecule has 2 aromatic rings. The van der Waals surface area contributed by atoms with Crippen molar-refractivity contribution in [3.05, 3.63) is 71.3 Å². The van der Waals surface area contributed by atoms with E-state index in [2.05, 4.69) is 43.1 Å². The maximum Gasteiger partial charge on any atom is 0.251 e. The molecule has 0 heterocycles. The smallest absolute Gasteiger partial charge is 0.251 e. The number of hydrogen-bond acceptors (Lipinski definition) is 3. The summed E-state index contributed by atoms with van der Waals surface area (Å²) in [4.78, 5) is 12.6. The molecule has 0 unspecified atom stereocenters. The largest absolute Gasteiger partial charge is 0.493 e. The average Bonchev–Trinajstić information content (AvgIpc) is 2.69. The first kappa shape index (κ1) is 20.0. The highest BCUT2D eigenvalue weighted by atomic mass is 16.5. The first-order valence-electron chi connectivity index (χ1n) is 9.89. The van der Waals surface area contributed by atoms with Crippen molar-refractivity contribution in [2.24, 2.45) is 0 Å². The fourth-order valence-corrected chi connectivity index (χ4v) is 3.52. The molecule has 1 saturated carbocycles. The van der Waals surface area contributed by atoms with Crippen LogP contribution in [0.15, 0.2) is 54.6 Å². The van der Waals surface area contributed by atoms with Gasteiger partial charge in [-0.25, -0.2) is 0 Å². The molecule has 0 aliphatic heterocycles. The third kappa shape index (κ3) is 5.38. The molecule has 4 nitrogen and oxygen atoms in total. The second-order valence-corrected chi connectivity index (χ2v) is 7.45. The summed E-state index contributed by atoms with van der Waals surface area (Å²) >= 11 is 0. The Bertz CT molecular complexity index is 833. The normalized spacial score (nSPS) is 14.6. The summed E-state index contributed by atoms with van der Waals surface area (Å²) in [6.07, 6.45) is 4.69. The highest BCUT2D eigenvalue weighted by molar-refractivity contribution is 5.95. The van der Waals surface area contributed by atoms with Crippen LogP contribution in [0.2, 0.25) is 0 Å². The Hall–Kier alpha value is -2.75. The third-order valence-electron chi connectivity index (χ3n) is 5.18. The van der Waals surface area contributed by atoms with Gasteiger partial charge in [-0.3, -0.25) is 4.79 Å². The zero-order chi connectivity index (χ0) is 19.9. The molecule has 0 saturated heterocycles. The molecule has 0 aromatic heterocycles.